The van der Waals surface area contributed by atoms with E-state index in [1.165, 1.54) is 22.7 Å². The number of thiazole rings is 1. The molecular formula is C16H16N4O2S2. The van der Waals surface area contributed by atoms with Crippen LogP contribution >= 0.6 is 22.7 Å². The first-order valence-corrected chi connectivity index (χ1v) is 9.02. The summed E-state index contributed by atoms with van der Waals surface area (Å²) >= 11 is 2.70. The Kier molecular flexibility index (Phi) is 4.86. The van der Waals surface area contributed by atoms with Crippen LogP contribution in [0.4, 0.5) is 5.13 Å². The second-order valence-electron chi connectivity index (χ2n) is 4.97. The highest BCUT2D eigenvalue weighted by molar-refractivity contribution is 7.17. The summed E-state index contributed by atoms with van der Waals surface area (Å²) in [5, 5.41) is 12.7. The van der Waals surface area contributed by atoms with E-state index in [4.69, 9.17) is 4.74 Å². The number of amides is 1. The zero-order valence-electron chi connectivity index (χ0n) is 13.5. The number of hydrogen-bond donors (Lipinski definition) is 1. The van der Waals surface area contributed by atoms with E-state index in [0.29, 0.717) is 22.3 Å². The molecule has 1 N–H and O–H groups in total. The van der Waals surface area contributed by atoms with Gasteiger partial charge in [-0.2, -0.15) is 0 Å². The maximum Gasteiger partial charge on any atom is 0.269 e. The molecule has 3 rings (SSSR count). The molecule has 3 aromatic rings. The van der Waals surface area contributed by atoms with Crippen LogP contribution in [0.1, 0.15) is 27.3 Å². The number of nitrogens with zero attached hydrogens (tertiary/aromatic N) is 3. The number of carbonyl (C=O) groups excluding carboxylic acids is 1. The van der Waals surface area contributed by atoms with Gasteiger partial charge in [0.25, 0.3) is 5.91 Å². The number of rotatable bonds is 5. The molecule has 0 bridgehead atoms. The Balaban J connectivity index is 1.80. The van der Waals surface area contributed by atoms with Gasteiger partial charge in [0.2, 0.25) is 5.13 Å². The van der Waals surface area contributed by atoms with Crippen molar-refractivity contribution >= 4 is 33.7 Å². The molecule has 24 heavy (non-hydrogen) atoms. The highest BCUT2D eigenvalue weighted by atomic mass is 32.1. The Hall–Kier alpha value is -2.32. The molecule has 2 aromatic heterocycles. The van der Waals surface area contributed by atoms with Crippen molar-refractivity contribution < 1.29 is 9.53 Å². The van der Waals surface area contributed by atoms with Crippen LogP contribution in [0.25, 0.3) is 10.6 Å². The van der Waals surface area contributed by atoms with E-state index in [2.05, 4.69) is 20.5 Å². The molecule has 2 heterocycles. The third-order valence-corrected chi connectivity index (χ3v) is 5.12. The van der Waals surface area contributed by atoms with E-state index in [1.54, 1.807) is 0 Å². The average molecular weight is 360 g/mol. The minimum absolute atomic E-state index is 0.210. The van der Waals surface area contributed by atoms with Crippen molar-refractivity contribution in [3.05, 3.63) is 39.8 Å². The summed E-state index contributed by atoms with van der Waals surface area (Å²) in [6.07, 6.45) is 0. The third-order valence-electron chi connectivity index (χ3n) is 3.16. The van der Waals surface area contributed by atoms with E-state index >= 15 is 0 Å². The lowest BCUT2D eigenvalue weighted by molar-refractivity contribution is 0.102. The van der Waals surface area contributed by atoms with Gasteiger partial charge in [0, 0.05) is 5.56 Å². The normalized spacial score (nSPS) is 10.6. The summed E-state index contributed by atoms with van der Waals surface area (Å²) in [7, 11) is 0. The topological polar surface area (TPSA) is 77.0 Å². The van der Waals surface area contributed by atoms with Crippen molar-refractivity contribution in [1.82, 2.24) is 15.2 Å². The average Bonchev–Trinajstić information content (AvgIpc) is 3.14. The fourth-order valence-electron chi connectivity index (χ4n) is 2.09. The van der Waals surface area contributed by atoms with Crippen LogP contribution in [-0.4, -0.2) is 27.7 Å². The lowest BCUT2D eigenvalue weighted by atomic mass is 10.2. The first-order valence-electron chi connectivity index (χ1n) is 7.39. The zero-order valence-corrected chi connectivity index (χ0v) is 15.1. The number of benzene rings is 1. The Morgan fingerprint density at radius 2 is 1.92 bits per heavy atom. The molecule has 0 fully saturated rings. The van der Waals surface area contributed by atoms with Gasteiger partial charge in [-0.3, -0.25) is 10.1 Å². The van der Waals surface area contributed by atoms with Crippen LogP contribution in [0.5, 0.6) is 5.75 Å². The fourth-order valence-corrected chi connectivity index (χ4v) is 3.65. The van der Waals surface area contributed by atoms with Crippen molar-refractivity contribution in [3.8, 4) is 16.3 Å². The van der Waals surface area contributed by atoms with Crippen molar-refractivity contribution in [1.29, 1.82) is 0 Å². The number of carbonyl (C=O) groups is 1. The highest BCUT2D eigenvalue weighted by Gasteiger charge is 2.17. The molecular weight excluding hydrogens is 344 g/mol. The van der Waals surface area contributed by atoms with Gasteiger partial charge in [0.05, 0.1) is 12.3 Å². The van der Waals surface area contributed by atoms with Crippen LogP contribution in [-0.2, 0) is 0 Å². The Labute approximate surface area is 147 Å². The Morgan fingerprint density at radius 3 is 2.54 bits per heavy atom. The first kappa shape index (κ1) is 16.5. The highest BCUT2D eigenvalue weighted by Crippen LogP contribution is 2.30. The second kappa shape index (κ2) is 7.06. The monoisotopic (exact) mass is 360 g/mol. The fraction of sp³-hybridized carbons (Fsp3) is 0.250. The molecule has 0 atom stereocenters. The molecule has 0 saturated carbocycles. The molecule has 6 nitrogen and oxygen atoms in total. The number of ether oxygens (including phenoxy) is 1. The van der Waals surface area contributed by atoms with Crippen LogP contribution in [0.3, 0.4) is 0 Å². The quantitative estimate of drug-likeness (QED) is 0.746. The Morgan fingerprint density at radius 1 is 1.17 bits per heavy atom. The lowest BCUT2D eigenvalue weighted by Crippen LogP contribution is -2.11. The summed E-state index contributed by atoms with van der Waals surface area (Å²) in [6.45, 7) is 6.25. The van der Waals surface area contributed by atoms with Crippen molar-refractivity contribution in [3.63, 3.8) is 0 Å². The first-order chi connectivity index (χ1) is 11.6. The van der Waals surface area contributed by atoms with Gasteiger partial charge in [0.1, 0.15) is 20.6 Å². The van der Waals surface area contributed by atoms with Gasteiger partial charge >= 0.3 is 0 Å². The van der Waals surface area contributed by atoms with Crippen LogP contribution in [0.2, 0.25) is 0 Å². The molecule has 124 valence electrons. The molecule has 0 aliphatic carbocycles. The van der Waals surface area contributed by atoms with E-state index in [1.807, 2.05) is 45.0 Å². The number of aromatic nitrogens is 3. The number of hydrogen-bond acceptors (Lipinski definition) is 7. The van der Waals surface area contributed by atoms with Gasteiger partial charge in [-0.05, 0) is 45.0 Å². The van der Waals surface area contributed by atoms with Gasteiger partial charge in [-0.25, -0.2) is 4.98 Å². The molecule has 0 spiro atoms. The van der Waals surface area contributed by atoms with Crippen LogP contribution in [0, 0.1) is 13.8 Å². The lowest BCUT2D eigenvalue weighted by Gasteiger charge is -2.02. The maximum absolute atomic E-state index is 12.4. The molecule has 0 radical (unpaired) electrons. The van der Waals surface area contributed by atoms with Crippen molar-refractivity contribution in [2.24, 2.45) is 0 Å². The largest absolute Gasteiger partial charge is 0.494 e. The second-order valence-corrected chi connectivity index (χ2v) is 7.15. The molecule has 0 saturated heterocycles. The van der Waals surface area contributed by atoms with Gasteiger partial charge in [0.15, 0.2) is 0 Å². The predicted octanol–water partition coefficient (Wildman–Crippen LogP) is 3.93. The number of anilines is 1. The predicted molar refractivity (Wildman–Crippen MR) is 96.1 cm³/mol. The Bertz CT molecular complexity index is 855. The summed E-state index contributed by atoms with van der Waals surface area (Å²) in [5.74, 6) is 0.609. The molecule has 1 amide bonds. The van der Waals surface area contributed by atoms with Crippen LogP contribution in [0.15, 0.2) is 24.3 Å². The molecule has 0 unspecified atom stereocenters. The maximum atomic E-state index is 12.4. The van der Waals surface area contributed by atoms with E-state index in [0.717, 1.165) is 21.3 Å². The third kappa shape index (κ3) is 3.60. The summed E-state index contributed by atoms with van der Waals surface area (Å²) in [4.78, 5) is 17.5. The van der Waals surface area contributed by atoms with Crippen molar-refractivity contribution in [2.45, 2.75) is 20.8 Å². The zero-order chi connectivity index (χ0) is 17.1. The minimum atomic E-state index is -0.210. The van der Waals surface area contributed by atoms with Crippen LogP contribution < -0.4 is 10.1 Å². The number of aryl methyl sites for hydroxylation is 2. The van der Waals surface area contributed by atoms with E-state index in [-0.39, 0.29) is 5.91 Å². The minimum Gasteiger partial charge on any atom is -0.494 e. The van der Waals surface area contributed by atoms with Crippen molar-refractivity contribution in [2.75, 3.05) is 11.9 Å². The summed E-state index contributed by atoms with van der Waals surface area (Å²) in [5.41, 5.74) is 1.65. The smallest absolute Gasteiger partial charge is 0.269 e. The standard InChI is InChI=1S/C16H16N4O2S2/c1-4-22-12-7-5-11(6-8-12)15-17-9(2)13(24-15)14(21)18-16-20-19-10(3)23-16/h5-8H,4H2,1-3H3,(H,18,20,21). The summed E-state index contributed by atoms with van der Waals surface area (Å²) < 4.78 is 5.44. The van der Waals surface area contributed by atoms with Gasteiger partial charge < -0.3 is 4.74 Å². The molecule has 0 aliphatic rings. The van der Waals surface area contributed by atoms with E-state index in [9.17, 15) is 4.79 Å². The SMILES string of the molecule is CCOc1ccc(-c2nc(C)c(C(=O)Nc3nnc(C)s3)s2)cc1. The number of nitrogens with one attached hydrogen (secondary N) is 1. The molecule has 0 aliphatic heterocycles. The van der Waals surface area contributed by atoms with E-state index < -0.39 is 0 Å². The van der Waals surface area contributed by atoms with Gasteiger partial charge in [-0.15, -0.1) is 21.5 Å². The van der Waals surface area contributed by atoms with Gasteiger partial charge in [-0.1, -0.05) is 11.3 Å². The molecule has 1 aromatic carbocycles. The molecule has 8 heteroatoms. The summed E-state index contributed by atoms with van der Waals surface area (Å²) in [6, 6.07) is 7.69.